The molecule has 0 aliphatic carbocycles. The monoisotopic (exact) mass is 451 g/mol. The van der Waals surface area contributed by atoms with E-state index in [9.17, 15) is 18.0 Å². The standard InChI is InChI=1S/C21H29N3O4S2/c1-4-11-23-20(26)17-8-6-7-9-18(17)22-21(23)29-13-19(25)24(15(3)5-2)16-10-12-30(27,28)14-16/h6-9,15-16H,4-5,10-14H2,1-3H3. The number of amides is 1. The van der Waals surface area contributed by atoms with Crippen molar-refractivity contribution in [2.45, 2.75) is 63.8 Å². The van der Waals surface area contributed by atoms with Crippen molar-refractivity contribution in [1.82, 2.24) is 14.5 Å². The molecule has 2 heterocycles. The van der Waals surface area contributed by atoms with E-state index >= 15 is 0 Å². The number of thioether (sulfide) groups is 1. The molecule has 1 fully saturated rings. The summed E-state index contributed by atoms with van der Waals surface area (Å²) in [6.45, 7) is 6.47. The zero-order chi connectivity index (χ0) is 21.9. The Kier molecular flexibility index (Phi) is 7.23. The molecule has 2 aromatic rings. The number of sulfone groups is 1. The van der Waals surface area contributed by atoms with Gasteiger partial charge in [-0.05, 0) is 38.3 Å². The molecule has 1 aromatic carbocycles. The second kappa shape index (κ2) is 9.51. The first-order chi connectivity index (χ1) is 14.3. The fourth-order valence-electron chi connectivity index (χ4n) is 3.88. The third kappa shape index (κ3) is 4.88. The van der Waals surface area contributed by atoms with Gasteiger partial charge in [0.1, 0.15) is 0 Å². The fraction of sp³-hybridized carbons (Fsp3) is 0.571. The summed E-state index contributed by atoms with van der Waals surface area (Å²) in [6.07, 6.45) is 2.01. The van der Waals surface area contributed by atoms with Crippen LogP contribution in [0.15, 0.2) is 34.2 Å². The van der Waals surface area contributed by atoms with E-state index in [0.29, 0.717) is 29.0 Å². The summed E-state index contributed by atoms with van der Waals surface area (Å²) in [5.74, 6) is 0.174. The van der Waals surface area contributed by atoms with Gasteiger partial charge in [0.25, 0.3) is 5.56 Å². The average Bonchev–Trinajstić information content (AvgIpc) is 3.08. The summed E-state index contributed by atoms with van der Waals surface area (Å²) in [7, 11) is -3.09. The van der Waals surface area contributed by atoms with Crippen molar-refractivity contribution in [3.8, 4) is 0 Å². The lowest BCUT2D eigenvalue weighted by molar-refractivity contribution is -0.132. The van der Waals surface area contributed by atoms with Crippen molar-refractivity contribution in [2.24, 2.45) is 0 Å². The van der Waals surface area contributed by atoms with Gasteiger partial charge in [-0.3, -0.25) is 14.2 Å². The van der Waals surface area contributed by atoms with Gasteiger partial charge < -0.3 is 4.90 Å². The first kappa shape index (κ1) is 22.8. The average molecular weight is 452 g/mol. The van der Waals surface area contributed by atoms with Crippen LogP contribution in [0.25, 0.3) is 10.9 Å². The van der Waals surface area contributed by atoms with E-state index < -0.39 is 9.84 Å². The van der Waals surface area contributed by atoms with Crippen molar-refractivity contribution in [1.29, 1.82) is 0 Å². The topological polar surface area (TPSA) is 89.3 Å². The highest BCUT2D eigenvalue weighted by Gasteiger charge is 2.36. The maximum Gasteiger partial charge on any atom is 0.262 e. The van der Waals surface area contributed by atoms with E-state index in [4.69, 9.17) is 0 Å². The van der Waals surface area contributed by atoms with Crippen LogP contribution in [0.4, 0.5) is 0 Å². The molecule has 1 aliphatic heterocycles. The molecule has 0 saturated carbocycles. The van der Waals surface area contributed by atoms with Gasteiger partial charge in [-0.2, -0.15) is 0 Å². The highest BCUT2D eigenvalue weighted by Crippen LogP contribution is 2.24. The van der Waals surface area contributed by atoms with Gasteiger partial charge in [0.15, 0.2) is 15.0 Å². The van der Waals surface area contributed by atoms with Gasteiger partial charge in [0.05, 0.1) is 28.2 Å². The van der Waals surface area contributed by atoms with Crippen LogP contribution in [0.1, 0.15) is 40.0 Å². The number of hydrogen-bond donors (Lipinski definition) is 0. The number of benzene rings is 1. The lowest BCUT2D eigenvalue weighted by Gasteiger charge is -2.33. The lowest BCUT2D eigenvalue weighted by atomic mass is 10.1. The fourth-order valence-corrected chi connectivity index (χ4v) is 6.49. The summed E-state index contributed by atoms with van der Waals surface area (Å²) >= 11 is 1.25. The minimum Gasteiger partial charge on any atom is -0.335 e. The van der Waals surface area contributed by atoms with E-state index in [1.165, 1.54) is 11.8 Å². The van der Waals surface area contributed by atoms with Gasteiger partial charge in [-0.15, -0.1) is 0 Å². The Labute approximate surface area is 181 Å². The molecule has 9 heteroatoms. The van der Waals surface area contributed by atoms with E-state index in [0.717, 1.165) is 12.8 Å². The summed E-state index contributed by atoms with van der Waals surface area (Å²) in [5, 5.41) is 1.09. The van der Waals surface area contributed by atoms with Crippen molar-refractivity contribution in [2.75, 3.05) is 17.3 Å². The summed E-state index contributed by atoms with van der Waals surface area (Å²) in [5.41, 5.74) is 0.517. The third-order valence-electron chi connectivity index (χ3n) is 5.55. The number of carbonyl (C=O) groups is 1. The number of rotatable bonds is 8. The van der Waals surface area contributed by atoms with Crippen LogP contribution in [0.2, 0.25) is 0 Å². The molecule has 1 amide bonds. The van der Waals surface area contributed by atoms with Crippen LogP contribution >= 0.6 is 11.8 Å². The van der Waals surface area contributed by atoms with Crippen molar-refractivity contribution < 1.29 is 13.2 Å². The molecule has 0 N–H and O–H groups in total. The second-order valence-electron chi connectivity index (χ2n) is 7.77. The Bertz CT molecular complexity index is 1080. The molecule has 164 valence electrons. The van der Waals surface area contributed by atoms with Crippen molar-refractivity contribution >= 4 is 38.4 Å². The highest BCUT2D eigenvalue weighted by molar-refractivity contribution is 7.99. The van der Waals surface area contributed by atoms with E-state index in [1.807, 2.05) is 32.9 Å². The molecular weight excluding hydrogens is 422 g/mol. The van der Waals surface area contributed by atoms with Crippen LogP contribution < -0.4 is 5.56 Å². The molecule has 1 aromatic heterocycles. The Morgan fingerprint density at radius 3 is 2.70 bits per heavy atom. The predicted molar refractivity (Wildman–Crippen MR) is 121 cm³/mol. The van der Waals surface area contributed by atoms with Gasteiger partial charge >= 0.3 is 0 Å². The Morgan fingerprint density at radius 2 is 2.07 bits per heavy atom. The minimum absolute atomic E-state index is 0.0303. The molecule has 2 atom stereocenters. The maximum absolute atomic E-state index is 13.1. The second-order valence-corrected chi connectivity index (χ2v) is 10.9. The third-order valence-corrected chi connectivity index (χ3v) is 8.27. The van der Waals surface area contributed by atoms with Gasteiger partial charge in [-0.25, -0.2) is 13.4 Å². The SMILES string of the molecule is CCCn1c(SCC(=O)N(C(C)CC)C2CCS(=O)(=O)C2)nc2ccccc2c1=O. The van der Waals surface area contributed by atoms with Crippen LogP contribution in [-0.2, 0) is 21.2 Å². The van der Waals surface area contributed by atoms with Gasteiger partial charge in [0, 0.05) is 18.6 Å². The molecule has 1 saturated heterocycles. The van der Waals surface area contributed by atoms with Gasteiger partial charge in [-0.1, -0.05) is 37.7 Å². The van der Waals surface area contributed by atoms with Crippen LogP contribution in [0.5, 0.6) is 0 Å². The van der Waals surface area contributed by atoms with E-state index in [1.54, 1.807) is 21.6 Å². The molecule has 2 unspecified atom stereocenters. The van der Waals surface area contributed by atoms with Crippen LogP contribution in [-0.4, -0.2) is 58.1 Å². The Morgan fingerprint density at radius 1 is 1.33 bits per heavy atom. The lowest BCUT2D eigenvalue weighted by Crippen LogP contribution is -2.47. The zero-order valence-corrected chi connectivity index (χ0v) is 19.3. The molecule has 3 rings (SSSR count). The van der Waals surface area contributed by atoms with Gasteiger partial charge in [0.2, 0.25) is 5.91 Å². The minimum atomic E-state index is -3.09. The Balaban J connectivity index is 1.85. The van der Waals surface area contributed by atoms with Crippen LogP contribution in [0, 0.1) is 0 Å². The number of para-hydroxylation sites is 1. The van der Waals surface area contributed by atoms with Crippen molar-refractivity contribution in [3.05, 3.63) is 34.6 Å². The molecule has 30 heavy (non-hydrogen) atoms. The largest absolute Gasteiger partial charge is 0.335 e. The highest BCUT2D eigenvalue weighted by atomic mass is 32.2. The quantitative estimate of drug-likeness (QED) is 0.453. The summed E-state index contributed by atoms with van der Waals surface area (Å²) in [6, 6.07) is 6.90. The maximum atomic E-state index is 13.1. The van der Waals surface area contributed by atoms with E-state index in [-0.39, 0.29) is 40.8 Å². The smallest absolute Gasteiger partial charge is 0.262 e. The molecule has 0 spiro atoms. The molecular formula is C21H29N3O4S2. The Hall–Kier alpha value is -1.87. The van der Waals surface area contributed by atoms with E-state index in [2.05, 4.69) is 4.98 Å². The number of hydrogen-bond acceptors (Lipinski definition) is 6. The number of nitrogens with zero attached hydrogens (tertiary/aromatic N) is 3. The molecule has 0 bridgehead atoms. The zero-order valence-electron chi connectivity index (χ0n) is 17.7. The van der Waals surface area contributed by atoms with Crippen molar-refractivity contribution in [3.63, 3.8) is 0 Å². The summed E-state index contributed by atoms with van der Waals surface area (Å²) < 4.78 is 25.5. The normalized spacial score (nSPS) is 19.1. The molecule has 7 nitrogen and oxygen atoms in total. The number of aromatic nitrogens is 2. The number of carbonyl (C=O) groups excluding carboxylic acids is 1. The first-order valence-corrected chi connectivity index (χ1v) is 13.2. The first-order valence-electron chi connectivity index (χ1n) is 10.4. The number of fused-ring (bicyclic) bond motifs is 1. The molecule has 0 radical (unpaired) electrons. The van der Waals surface area contributed by atoms with Crippen LogP contribution in [0.3, 0.4) is 0 Å². The molecule has 1 aliphatic rings. The summed E-state index contributed by atoms with van der Waals surface area (Å²) in [4.78, 5) is 32.4. The predicted octanol–water partition coefficient (Wildman–Crippen LogP) is 2.71.